The van der Waals surface area contributed by atoms with Gasteiger partial charge in [0.2, 0.25) is 5.91 Å². The summed E-state index contributed by atoms with van der Waals surface area (Å²) in [6, 6.07) is 8.92. The highest BCUT2D eigenvalue weighted by atomic mass is 35.5. The van der Waals surface area contributed by atoms with Gasteiger partial charge in [-0.2, -0.15) is 0 Å². The van der Waals surface area contributed by atoms with Crippen molar-refractivity contribution in [3.63, 3.8) is 0 Å². The molecule has 3 rings (SSSR count). The SMILES string of the molecule is NC(=O)c1cc(-c2csc(NC(=O)CSc3ccc(Cl)cc3)n2)c[nH]1. The summed E-state index contributed by atoms with van der Waals surface area (Å²) in [6.07, 6.45) is 1.65. The third-order valence-electron chi connectivity index (χ3n) is 3.18. The number of anilines is 1. The number of halogens is 1. The van der Waals surface area contributed by atoms with Crippen molar-refractivity contribution in [2.24, 2.45) is 5.73 Å². The van der Waals surface area contributed by atoms with Crippen LogP contribution in [0.25, 0.3) is 11.3 Å². The number of hydrogen-bond acceptors (Lipinski definition) is 5. The lowest BCUT2D eigenvalue weighted by Crippen LogP contribution is -2.13. The number of rotatable bonds is 6. The summed E-state index contributed by atoms with van der Waals surface area (Å²) >= 11 is 8.56. The van der Waals surface area contributed by atoms with Gasteiger partial charge in [0.1, 0.15) is 5.69 Å². The van der Waals surface area contributed by atoms with Crippen molar-refractivity contribution in [3.05, 3.63) is 52.6 Å². The minimum atomic E-state index is -0.533. The monoisotopic (exact) mass is 392 g/mol. The van der Waals surface area contributed by atoms with Crippen LogP contribution in [-0.2, 0) is 4.79 Å². The number of aromatic amines is 1. The number of aromatic nitrogens is 2. The summed E-state index contributed by atoms with van der Waals surface area (Å²) < 4.78 is 0. The maximum Gasteiger partial charge on any atom is 0.265 e. The van der Waals surface area contributed by atoms with Gasteiger partial charge >= 0.3 is 0 Å². The molecule has 25 heavy (non-hydrogen) atoms. The Morgan fingerprint density at radius 3 is 2.76 bits per heavy atom. The number of hydrogen-bond donors (Lipinski definition) is 3. The van der Waals surface area contributed by atoms with Gasteiger partial charge in [-0.3, -0.25) is 9.59 Å². The van der Waals surface area contributed by atoms with Crippen molar-refractivity contribution in [2.45, 2.75) is 4.90 Å². The molecule has 2 amide bonds. The van der Waals surface area contributed by atoms with E-state index < -0.39 is 5.91 Å². The first-order valence-electron chi connectivity index (χ1n) is 7.13. The van der Waals surface area contributed by atoms with Gasteiger partial charge < -0.3 is 16.0 Å². The number of nitrogens with one attached hydrogen (secondary N) is 2. The van der Waals surface area contributed by atoms with Crippen molar-refractivity contribution >= 4 is 51.6 Å². The Hall–Kier alpha value is -2.29. The van der Waals surface area contributed by atoms with Gasteiger partial charge in [0, 0.05) is 27.1 Å². The number of carbonyl (C=O) groups is 2. The van der Waals surface area contributed by atoms with E-state index in [0.29, 0.717) is 21.5 Å². The Morgan fingerprint density at radius 2 is 2.08 bits per heavy atom. The number of benzene rings is 1. The first kappa shape index (κ1) is 17.5. The van der Waals surface area contributed by atoms with Crippen LogP contribution in [0.5, 0.6) is 0 Å². The highest BCUT2D eigenvalue weighted by Gasteiger charge is 2.11. The van der Waals surface area contributed by atoms with Crippen molar-refractivity contribution < 1.29 is 9.59 Å². The first-order chi connectivity index (χ1) is 12.0. The van der Waals surface area contributed by atoms with E-state index in [4.69, 9.17) is 17.3 Å². The van der Waals surface area contributed by atoms with E-state index in [9.17, 15) is 9.59 Å². The van der Waals surface area contributed by atoms with Gasteiger partial charge in [0.25, 0.3) is 5.91 Å². The molecule has 6 nitrogen and oxygen atoms in total. The lowest BCUT2D eigenvalue weighted by molar-refractivity contribution is -0.113. The van der Waals surface area contributed by atoms with E-state index in [-0.39, 0.29) is 11.7 Å². The number of nitrogens with zero attached hydrogens (tertiary/aromatic N) is 1. The molecule has 0 saturated carbocycles. The molecule has 1 aromatic carbocycles. The second-order valence-electron chi connectivity index (χ2n) is 4.99. The average Bonchev–Trinajstić information content (AvgIpc) is 3.23. The van der Waals surface area contributed by atoms with E-state index in [1.54, 1.807) is 29.8 Å². The highest BCUT2D eigenvalue weighted by Crippen LogP contribution is 2.26. The van der Waals surface area contributed by atoms with E-state index in [0.717, 1.165) is 10.5 Å². The molecule has 2 heterocycles. The Labute approximate surface area is 156 Å². The molecule has 9 heteroatoms. The van der Waals surface area contributed by atoms with Crippen molar-refractivity contribution in [2.75, 3.05) is 11.1 Å². The second kappa shape index (κ2) is 7.73. The molecule has 0 aliphatic carbocycles. The largest absolute Gasteiger partial charge is 0.364 e. The molecule has 4 N–H and O–H groups in total. The predicted molar refractivity (Wildman–Crippen MR) is 101 cm³/mol. The molecule has 0 saturated heterocycles. The zero-order valence-corrected chi connectivity index (χ0v) is 15.2. The predicted octanol–water partition coefficient (Wildman–Crippen LogP) is 3.62. The van der Waals surface area contributed by atoms with Crippen molar-refractivity contribution in [1.82, 2.24) is 9.97 Å². The summed E-state index contributed by atoms with van der Waals surface area (Å²) in [5, 5.41) is 5.72. The molecule has 0 fully saturated rings. The van der Waals surface area contributed by atoms with Gasteiger partial charge in [-0.05, 0) is 30.3 Å². The third-order valence-corrected chi connectivity index (χ3v) is 5.20. The van der Waals surface area contributed by atoms with Crippen LogP contribution in [0.4, 0.5) is 5.13 Å². The molecule has 0 unspecified atom stereocenters. The van der Waals surface area contributed by atoms with Crippen LogP contribution in [0.2, 0.25) is 5.02 Å². The van der Waals surface area contributed by atoms with Crippen LogP contribution >= 0.6 is 34.7 Å². The van der Waals surface area contributed by atoms with Gasteiger partial charge in [0.05, 0.1) is 11.4 Å². The van der Waals surface area contributed by atoms with Crippen LogP contribution in [0.1, 0.15) is 10.5 Å². The Balaban J connectivity index is 1.57. The molecule has 0 spiro atoms. The molecule has 0 aliphatic rings. The number of nitrogens with two attached hydrogens (primary N) is 1. The topological polar surface area (TPSA) is 101 Å². The Bertz CT molecular complexity index is 905. The molecular weight excluding hydrogens is 380 g/mol. The van der Waals surface area contributed by atoms with Gasteiger partial charge in [-0.15, -0.1) is 23.1 Å². The fourth-order valence-corrected chi connectivity index (χ4v) is 3.54. The normalized spacial score (nSPS) is 10.6. The molecule has 0 bridgehead atoms. The summed E-state index contributed by atoms with van der Waals surface area (Å²) in [6.45, 7) is 0. The van der Waals surface area contributed by atoms with E-state index >= 15 is 0 Å². The average molecular weight is 393 g/mol. The van der Waals surface area contributed by atoms with Crippen molar-refractivity contribution in [1.29, 1.82) is 0 Å². The molecule has 128 valence electrons. The summed E-state index contributed by atoms with van der Waals surface area (Å²) in [5.41, 5.74) is 6.92. The Morgan fingerprint density at radius 1 is 1.32 bits per heavy atom. The maximum atomic E-state index is 12.0. The number of thiazole rings is 1. The molecule has 2 aromatic heterocycles. The van der Waals surface area contributed by atoms with E-state index in [1.807, 2.05) is 12.1 Å². The second-order valence-corrected chi connectivity index (χ2v) is 7.34. The number of carbonyl (C=O) groups excluding carboxylic acids is 2. The number of thioether (sulfide) groups is 1. The number of primary amides is 1. The van der Waals surface area contributed by atoms with Crippen LogP contribution in [-0.4, -0.2) is 27.5 Å². The zero-order valence-electron chi connectivity index (χ0n) is 12.8. The van der Waals surface area contributed by atoms with Gasteiger partial charge in [-0.1, -0.05) is 11.6 Å². The zero-order chi connectivity index (χ0) is 17.8. The van der Waals surface area contributed by atoms with Gasteiger partial charge in [-0.25, -0.2) is 4.98 Å². The van der Waals surface area contributed by atoms with Crippen LogP contribution in [0.15, 0.2) is 46.8 Å². The molecular formula is C16H13ClN4O2S2. The van der Waals surface area contributed by atoms with E-state index in [1.165, 1.54) is 23.1 Å². The smallest absolute Gasteiger partial charge is 0.265 e. The quantitative estimate of drug-likeness (QED) is 0.557. The molecule has 0 radical (unpaired) electrons. The lowest BCUT2D eigenvalue weighted by atomic mass is 10.2. The maximum absolute atomic E-state index is 12.0. The Kier molecular flexibility index (Phi) is 5.42. The minimum absolute atomic E-state index is 0.146. The summed E-state index contributed by atoms with van der Waals surface area (Å²) in [7, 11) is 0. The van der Waals surface area contributed by atoms with Gasteiger partial charge in [0.15, 0.2) is 5.13 Å². The fourth-order valence-electron chi connectivity index (χ4n) is 1.98. The van der Waals surface area contributed by atoms with Crippen LogP contribution in [0, 0.1) is 0 Å². The fraction of sp³-hybridized carbons (Fsp3) is 0.0625. The number of H-pyrrole nitrogens is 1. The third kappa shape index (κ3) is 4.62. The molecule has 3 aromatic rings. The number of amides is 2. The first-order valence-corrected chi connectivity index (χ1v) is 9.38. The minimum Gasteiger partial charge on any atom is -0.364 e. The van der Waals surface area contributed by atoms with Crippen molar-refractivity contribution in [3.8, 4) is 11.3 Å². The van der Waals surface area contributed by atoms with Crippen LogP contribution < -0.4 is 11.1 Å². The standard InChI is InChI=1S/C16H13ClN4O2S2/c17-10-1-3-11(4-2-10)24-8-14(22)21-16-20-13(7-25-16)9-5-12(15(18)23)19-6-9/h1-7,19H,8H2,(H2,18,23)(H,20,21,22). The molecule has 0 aliphatic heterocycles. The van der Waals surface area contributed by atoms with E-state index in [2.05, 4.69) is 15.3 Å². The summed E-state index contributed by atoms with van der Waals surface area (Å²) in [4.78, 5) is 31.2. The molecule has 0 atom stereocenters. The lowest BCUT2D eigenvalue weighted by Gasteiger charge is -2.02. The van der Waals surface area contributed by atoms with Crippen LogP contribution in [0.3, 0.4) is 0 Å². The summed E-state index contributed by atoms with van der Waals surface area (Å²) in [5.74, 6) is -0.408. The highest BCUT2D eigenvalue weighted by molar-refractivity contribution is 8.00.